The number of rotatable bonds is 7. The average molecular weight is 425 g/mol. The minimum atomic E-state index is -4.60. The molecule has 2 rings (SSSR count). The second kappa shape index (κ2) is 9.38. The molecule has 2 amide bonds. The van der Waals surface area contributed by atoms with E-state index in [0.29, 0.717) is 11.3 Å². The summed E-state index contributed by atoms with van der Waals surface area (Å²) in [4.78, 5) is 35.7. The highest BCUT2D eigenvalue weighted by atomic mass is 19.4. The summed E-state index contributed by atoms with van der Waals surface area (Å²) in [7, 11) is 0. The number of amides is 2. The van der Waals surface area contributed by atoms with Gasteiger partial charge in [0.1, 0.15) is 12.4 Å². The monoisotopic (exact) mass is 425 g/mol. The molecule has 0 heterocycles. The highest BCUT2D eigenvalue weighted by Crippen LogP contribution is 2.22. The van der Waals surface area contributed by atoms with Crippen LogP contribution in [-0.4, -0.2) is 36.9 Å². The number of nitrogens with one attached hydrogen (secondary N) is 3. The molecule has 0 radical (unpaired) electrons. The largest absolute Gasteiger partial charge is 0.405 e. The van der Waals surface area contributed by atoms with E-state index in [1.165, 1.54) is 13.8 Å². The van der Waals surface area contributed by atoms with Crippen LogP contribution >= 0.6 is 0 Å². The molecule has 6 nitrogen and oxygen atoms in total. The SMILES string of the molecule is CC(=O)c1ccccc1NC(=O)CNc1cc(C(=O)NCC(F)(F)F)cc(F)c1C. The summed E-state index contributed by atoms with van der Waals surface area (Å²) in [5, 5.41) is 6.86. The number of benzene rings is 2. The normalized spacial score (nSPS) is 11.0. The number of ketones is 1. The maximum absolute atomic E-state index is 14.1. The number of hydrogen-bond donors (Lipinski definition) is 3. The lowest BCUT2D eigenvalue weighted by Gasteiger charge is -2.14. The van der Waals surface area contributed by atoms with Gasteiger partial charge in [0, 0.05) is 22.4 Å². The number of Topliss-reactive ketones (excluding diaryl/α,β-unsaturated/α-hetero) is 1. The molecule has 160 valence electrons. The zero-order chi connectivity index (χ0) is 22.5. The van der Waals surface area contributed by atoms with Gasteiger partial charge in [-0.05, 0) is 38.1 Å². The van der Waals surface area contributed by atoms with Crippen molar-refractivity contribution in [1.82, 2.24) is 5.32 Å². The van der Waals surface area contributed by atoms with Crippen molar-refractivity contribution in [2.75, 3.05) is 23.7 Å². The van der Waals surface area contributed by atoms with E-state index < -0.39 is 30.4 Å². The van der Waals surface area contributed by atoms with E-state index >= 15 is 0 Å². The first kappa shape index (κ1) is 22.9. The molecule has 0 fully saturated rings. The lowest BCUT2D eigenvalue weighted by molar-refractivity contribution is -0.123. The Balaban J connectivity index is 2.09. The molecular formula is C20H19F4N3O3. The smallest absolute Gasteiger partial charge is 0.376 e. The van der Waals surface area contributed by atoms with Gasteiger partial charge in [0.2, 0.25) is 5.91 Å². The van der Waals surface area contributed by atoms with E-state index in [1.54, 1.807) is 29.6 Å². The fraction of sp³-hybridized carbons (Fsp3) is 0.250. The van der Waals surface area contributed by atoms with Gasteiger partial charge < -0.3 is 16.0 Å². The van der Waals surface area contributed by atoms with Gasteiger partial charge in [0.15, 0.2) is 5.78 Å². The summed E-state index contributed by atoms with van der Waals surface area (Å²) >= 11 is 0. The zero-order valence-corrected chi connectivity index (χ0v) is 16.1. The summed E-state index contributed by atoms with van der Waals surface area (Å²) in [6.45, 7) is 0.852. The molecule has 2 aromatic carbocycles. The molecule has 0 aliphatic rings. The van der Waals surface area contributed by atoms with Crippen LogP contribution in [0.1, 0.15) is 33.2 Å². The van der Waals surface area contributed by atoms with Gasteiger partial charge in [-0.2, -0.15) is 13.2 Å². The van der Waals surface area contributed by atoms with E-state index in [1.807, 2.05) is 0 Å². The van der Waals surface area contributed by atoms with E-state index in [2.05, 4.69) is 10.6 Å². The van der Waals surface area contributed by atoms with Gasteiger partial charge in [0.05, 0.1) is 12.2 Å². The van der Waals surface area contributed by atoms with Crippen LogP contribution in [-0.2, 0) is 4.79 Å². The van der Waals surface area contributed by atoms with Crippen molar-refractivity contribution < 1.29 is 31.9 Å². The molecule has 0 aliphatic carbocycles. The summed E-state index contributed by atoms with van der Waals surface area (Å²) < 4.78 is 50.9. The molecule has 0 unspecified atom stereocenters. The Bertz CT molecular complexity index is 974. The third-order valence-electron chi connectivity index (χ3n) is 4.08. The van der Waals surface area contributed by atoms with E-state index in [9.17, 15) is 31.9 Å². The fourth-order valence-corrected chi connectivity index (χ4v) is 2.55. The molecule has 0 spiro atoms. The number of alkyl halides is 3. The molecule has 0 saturated heterocycles. The Hall–Kier alpha value is -3.43. The molecule has 0 bridgehead atoms. The number of para-hydroxylation sites is 1. The Morgan fingerprint density at radius 3 is 2.33 bits per heavy atom. The minimum Gasteiger partial charge on any atom is -0.376 e. The van der Waals surface area contributed by atoms with Crippen molar-refractivity contribution in [3.63, 3.8) is 0 Å². The first-order chi connectivity index (χ1) is 14.0. The van der Waals surface area contributed by atoms with Gasteiger partial charge in [-0.25, -0.2) is 4.39 Å². The third kappa shape index (κ3) is 6.29. The number of anilines is 2. The molecular weight excluding hydrogens is 406 g/mol. The van der Waals surface area contributed by atoms with Crippen LogP contribution in [0, 0.1) is 12.7 Å². The lowest BCUT2D eigenvalue weighted by Crippen LogP contribution is -2.33. The van der Waals surface area contributed by atoms with E-state index in [0.717, 1.165) is 12.1 Å². The highest BCUT2D eigenvalue weighted by Gasteiger charge is 2.28. The van der Waals surface area contributed by atoms with Crippen molar-refractivity contribution in [3.8, 4) is 0 Å². The van der Waals surface area contributed by atoms with Gasteiger partial charge in [-0.3, -0.25) is 14.4 Å². The predicted octanol–water partition coefficient (Wildman–Crippen LogP) is 3.68. The van der Waals surface area contributed by atoms with E-state index in [4.69, 9.17) is 0 Å². The van der Waals surface area contributed by atoms with Crippen molar-refractivity contribution in [3.05, 3.63) is 58.9 Å². The average Bonchev–Trinajstić information content (AvgIpc) is 2.66. The van der Waals surface area contributed by atoms with Crippen molar-refractivity contribution in [1.29, 1.82) is 0 Å². The van der Waals surface area contributed by atoms with Gasteiger partial charge in [-0.1, -0.05) is 12.1 Å². The minimum absolute atomic E-state index is 0.0714. The topological polar surface area (TPSA) is 87.3 Å². The van der Waals surface area contributed by atoms with Crippen LogP contribution in [0.3, 0.4) is 0 Å². The van der Waals surface area contributed by atoms with Crippen LogP contribution in [0.5, 0.6) is 0 Å². The van der Waals surface area contributed by atoms with Crippen LogP contribution in [0.25, 0.3) is 0 Å². The van der Waals surface area contributed by atoms with Gasteiger partial charge >= 0.3 is 6.18 Å². The van der Waals surface area contributed by atoms with Crippen LogP contribution in [0.15, 0.2) is 36.4 Å². The summed E-state index contributed by atoms with van der Waals surface area (Å²) in [6.07, 6.45) is -4.60. The highest BCUT2D eigenvalue weighted by molar-refractivity contribution is 6.04. The number of carbonyl (C=O) groups is 3. The summed E-state index contributed by atoms with van der Waals surface area (Å²) in [5.74, 6) is -2.71. The first-order valence-electron chi connectivity index (χ1n) is 8.76. The fourth-order valence-electron chi connectivity index (χ4n) is 2.55. The Labute approximate surface area is 169 Å². The second-order valence-corrected chi connectivity index (χ2v) is 6.43. The lowest BCUT2D eigenvalue weighted by atomic mass is 10.1. The van der Waals surface area contributed by atoms with E-state index in [-0.39, 0.29) is 29.1 Å². The summed E-state index contributed by atoms with van der Waals surface area (Å²) in [5.41, 5.74) is 0.449. The molecule has 2 aromatic rings. The molecule has 0 atom stereocenters. The number of halogens is 4. The maximum atomic E-state index is 14.1. The second-order valence-electron chi connectivity index (χ2n) is 6.43. The zero-order valence-electron chi connectivity index (χ0n) is 16.1. The first-order valence-corrected chi connectivity index (χ1v) is 8.76. The predicted molar refractivity (Wildman–Crippen MR) is 103 cm³/mol. The van der Waals surface area contributed by atoms with Crippen molar-refractivity contribution in [2.45, 2.75) is 20.0 Å². The maximum Gasteiger partial charge on any atom is 0.405 e. The van der Waals surface area contributed by atoms with Gasteiger partial charge in [0.25, 0.3) is 5.91 Å². The molecule has 3 N–H and O–H groups in total. The van der Waals surface area contributed by atoms with Crippen molar-refractivity contribution >= 4 is 29.0 Å². The Morgan fingerprint density at radius 1 is 1.03 bits per heavy atom. The quantitative estimate of drug-likeness (QED) is 0.467. The third-order valence-corrected chi connectivity index (χ3v) is 4.08. The Morgan fingerprint density at radius 2 is 1.70 bits per heavy atom. The molecule has 0 aromatic heterocycles. The van der Waals surface area contributed by atoms with Gasteiger partial charge in [-0.15, -0.1) is 0 Å². The molecule has 10 heteroatoms. The van der Waals surface area contributed by atoms with Crippen molar-refractivity contribution in [2.24, 2.45) is 0 Å². The molecule has 0 saturated carbocycles. The van der Waals surface area contributed by atoms with Crippen LogP contribution < -0.4 is 16.0 Å². The number of hydrogen-bond acceptors (Lipinski definition) is 4. The molecule has 0 aliphatic heterocycles. The van der Waals surface area contributed by atoms with Crippen LogP contribution in [0.2, 0.25) is 0 Å². The number of carbonyl (C=O) groups excluding carboxylic acids is 3. The van der Waals surface area contributed by atoms with Crippen LogP contribution in [0.4, 0.5) is 28.9 Å². The standard InChI is InChI=1S/C20H19F4N3O3/c1-11-15(21)7-13(19(30)26-10-20(22,23)24)8-17(11)25-9-18(29)27-16-6-4-3-5-14(16)12(2)28/h3-8,25H,9-10H2,1-2H3,(H,26,30)(H,27,29). The Kier molecular flexibility index (Phi) is 7.14. The molecule has 30 heavy (non-hydrogen) atoms. The summed E-state index contributed by atoms with van der Waals surface area (Å²) in [6, 6.07) is 8.35.